The molecule has 0 aromatic carbocycles. The summed E-state index contributed by atoms with van der Waals surface area (Å²) in [5, 5.41) is 10.3. The summed E-state index contributed by atoms with van der Waals surface area (Å²) in [6.45, 7) is 3.09. The van der Waals surface area contributed by atoms with Crippen molar-refractivity contribution in [2.75, 3.05) is 30.8 Å². The van der Waals surface area contributed by atoms with Gasteiger partial charge in [0.2, 0.25) is 0 Å². The number of aryl methyl sites for hydroxylation is 1. The lowest BCUT2D eigenvalue weighted by Gasteiger charge is -2.21. The highest BCUT2D eigenvalue weighted by Gasteiger charge is 2.32. The number of ether oxygens (including phenoxy) is 1. The van der Waals surface area contributed by atoms with E-state index in [0.29, 0.717) is 41.5 Å². The molecule has 8 heteroatoms. The van der Waals surface area contributed by atoms with E-state index < -0.39 is 5.60 Å². The highest BCUT2D eigenvalue weighted by atomic mass is 16.5. The molecular weight excluding hydrogens is 356 g/mol. The van der Waals surface area contributed by atoms with Crippen molar-refractivity contribution in [3.8, 4) is 28.7 Å². The summed E-state index contributed by atoms with van der Waals surface area (Å²) >= 11 is 0. The van der Waals surface area contributed by atoms with Crippen LogP contribution in [0.15, 0.2) is 36.7 Å². The van der Waals surface area contributed by atoms with Crippen LogP contribution in [0.4, 0.5) is 11.5 Å². The Hall–Kier alpha value is -3.13. The number of nitrogens with zero attached hydrogens (tertiary/aromatic N) is 5. The van der Waals surface area contributed by atoms with Crippen molar-refractivity contribution in [3.63, 3.8) is 0 Å². The molecule has 1 atom stereocenters. The van der Waals surface area contributed by atoms with Crippen LogP contribution in [0.2, 0.25) is 0 Å². The van der Waals surface area contributed by atoms with Crippen molar-refractivity contribution in [1.29, 1.82) is 0 Å². The van der Waals surface area contributed by atoms with Gasteiger partial charge in [0.15, 0.2) is 5.82 Å². The fourth-order valence-electron chi connectivity index (χ4n) is 3.45. The highest BCUT2D eigenvalue weighted by molar-refractivity contribution is 5.69. The summed E-state index contributed by atoms with van der Waals surface area (Å²) in [7, 11) is 3.53. The Morgan fingerprint density at radius 1 is 1.14 bits per heavy atom. The standard InChI is InChI=1S/C20H24N6O2/c1-20(27)4-6-26(12-20)18-11-14(28-3)10-16(24-18)15-8-13(21)9-17(23-15)19-22-5-7-25(19)2/h5,7-11,27H,4,6,12H2,1-3H3,(H2,21,23)/t20-/m1/s1. The Morgan fingerprint density at radius 3 is 2.54 bits per heavy atom. The normalized spacial score (nSPS) is 19.2. The monoisotopic (exact) mass is 380 g/mol. The molecule has 1 fully saturated rings. The molecule has 0 saturated carbocycles. The van der Waals surface area contributed by atoms with Crippen LogP contribution in [0.1, 0.15) is 13.3 Å². The second-order valence-corrected chi connectivity index (χ2v) is 7.45. The summed E-state index contributed by atoms with van der Waals surface area (Å²) in [4.78, 5) is 15.9. The zero-order valence-corrected chi connectivity index (χ0v) is 16.3. The number of aromatic nitrogens is 4. The number of hydrogen-bond donors (Lipinski definition) is 2. The zero-order valence-electron chi connectivity index (χ0n) is 16.3. The van der Waals surface area contributed by atoms with Gasteiger partial charge >= 0.3 is 0 Å². The van der Waals surface area contributed by atoms with E-state index in [9.17, 15) is 5.11 Å². The topological polar surface area (TPSA) is 102 Å². The number of pyridine rings is 2. The summed E-state index contributed by atoms with van der Waals surface area (Å²) in [5.41, 5.74) is 7.98. The van der Waals surface area contributed by atoms with Crippen molar-refractivity contribution < 1.29 is 9.84 Å². The van der Waals surface area contributed by atoms with Gasteiger partial charge < -0.3 is 25.0 Å². The van der Waals surface area contributed by atoms with E-state index in [1.807, 2.05) is 36.9 Å². The van der Waals surface area contributed by atoms with Crippen molar-refractivity contribution >= 4 is 11.5 Å². The Kier molecular flexibility index (Phi) is 4.43. The predicted octanol–water partition coefficient (Wildman–Crippen LogP) is 2.10. The number of β-amino-alcohol motifs (C(OH)–C–C–N with tert-alkyl or cyclic N) is 1. The molecule has 4 rings (SSSR count). The third kappa shape index (κ3) is 3.50. The molecular formula is C20H24N6O2. The molecule has 3 N–H and O–H groups in total. The Balaban J connectivity index is 1.78. The maximum absolute atomic E-state index is 10.3. The maximum Gasteiger partial charge on any atom is 0.158 e. The Morgan fingerprint density at radius 2 is 1.89 bits per heavy atom. The molecule has 0 amide bonds. The largest absolute Gasteiger partial charge is 0.497 e. The minimum Gasteiger partial charge on any atom is -0.497 e. The van der Waals surface area contributed by atoms with Crippen molar-refractivity contribution in [3.05, 3.63) is 36.7 Å². The van der Waals surface area contributed by atoms with Gasteiger partial charge in [0, 0.05) is 50.4 Å². The molecule has 0 unspecified atom stereocenters. The molecule has 0 bridgehead atoms. The summed E-state index contributed by atoms with van der Waals surface area (Å²) < 4.78 is 7.37. The molecule has 4 heterocycles. The van der Waals surface area contributed by atoms with Gasteiger partial charge in [-0.05, 0) is 25.5 Å². The molecule has 8 nitrogen and oxygen atoms in total. The fourth-order valence-corrected chi connectivity index (χ4v) is 3.45. The molecule has 0 aliphatic carbocycles. The molecule has 1 aliphatic rings. The van der Waals surface area contributed by atoms with Gasteiger partial charge in [-0.25, -0.2) is 15.0 Å². The molecule has 3 aromatic rings. The van der Waals surface area contributed by atoms with Crippen LogP contribution >= 0.6 is 0 Å². The fraction of sp³-hybridized carbons (Fsp3) is 0.350. The number of aliphatic hydroxyl groups is 1. The van der Waals surface area contributed by atoms with Crippen LogP contribution in [0.5, 0.6) is 5.75 Å². The summed E-state index contributed by atoms with van der Waals surface area (Å²) in [6, 6.07) is 7.29. The number of methoxy groups -OCH3 is 1. The van der Waals surface area contributed by atoms with E-state index in [0.717, 1.165) is 18.2 Å². The van der Waals surface area contributed by atoms with E-state index in [1.165, 1.54) is 0 Å². The van der Waals surface area contributed by atoms with Gasteiger partial charge in [0.25, 0.3) is 0 Å². The number of rotatable bonds is 4. The van der Waals surface area contributed by atoms with E-state index in [-0.39, 0.29) is 0 Å². The van der Waals surface area contributed by atoms with Crippen LogP contribution in [0.3, 0.4) is 0 Å². The number of imidazole rings is 1. The van der Waals surface area contributed by atoms with Gasteiger partial charge in [-0.1, -0.05) is 0 Å². The molecule has 28 heavy (non-hydrogen) atoms. The average molecular weight is 380 g/mol. The summed E-state index contributed by atoms with van der Waals surface area (Å²) in [5.74, 6) is 2.15. The van der Waals surface area contributed by atoms with Gasteiger partial charge in [-0.15, -0.1) is 0 Å². The molecule has 3 aromatic heterocycles. The van der Waals surface area contributed by atoms with E-state index >= 15 is 0 Å². The zero-order chi connectivity index (χ0) is 19.9. The SMILES string of the molecule is COc1cc(-c2cc(N)cc(-c3nccn3C)n2)nc(N2CC[C@@](C)(O)C2)c1. The minimum atomic E-state index is -0.717. The second-order valence-electron chi connectivity index (χ2n) is 7.45. The highest BCUT2D eigenvalue weighted by Crippen LogP contribution is 2.32. The molecule has 0 radical (unpaired) electrons. The van der Waals surface area contributed by atoms with E-state index in [4.69, 9.17) is 20.4 Å². The van der Waals surface area contributed by atoms with Crippen molar-refractivity contribution in [1.82, 2.24) is 19.5 Å². The van der Waals surface area contributed by atoms with Gasteiger partial charge in [0.05, 0.1) is 24.1 Å². The smallest absolute Gasteiger partial charge is 0.158 e. The van der Waals surface area contributed by atoms with Crippen LogP contribution in [0, 0.1) is 0 Å². The van der Waals surface area contributed by atoms with Crippen molar-refractivity contribution in [2.45, 2.75) is 18.9 Å². The van der Waals surface area contributed by atoms with Gasteiger partial charge in [0.1, 0.15) is 17.3 Å². The number of anilines is 2. The number of nitrogen functional groups attached to an aromatic ring is 1. The molecule has 146 valence electrons. The minimum absolute atomic E-state index is 0.523. The lowest BCUT2D eigenvalue weighted by molar-refractivity contribution is 0.0839. The number of hydrogen-bond acceptors (Lipinski definition) is 7. The van der Waals surface area contributed by atoms with Gasteiger partial charge in [-0.3, -0.25) is 0 Å². The molecule has 1 aliphatic heterocycles. The third-order valence-corrected chi connectivity index (χ3v) is 4.96. The third-order valence-electron chi connectivity index (χ3n) is 4.96. The van der Waals surface area contributed by atoms with Crippen LogP contribution in [-0.2, 0) is 7.05 Å². The van der Waals surface area contributed by atoms with E-state index in [2.05, 4.69) is 9.88 Å². The Labute approximate surface area is 163 Å². The first kappa shape index (κ1) is 18.2. The summed E-state index contributed by atoms with van der Waals surface area (Å²) in [6.07, 6.45) is 4.28. The average Bonchev–Trinajstić information content (AvgIpc) is 3.25. The van der Waals surface area contributed by atoms with Crippen LogP contribution in [0.25, 0.3) is 22.9 Å². The quantitative estimate of drug-likeness (QED) is 0.714. The van der Waals surface area contributed by atoms with E-state index in [1.54, 1.807) is 25.4 Å². The first-order valence-electron chi connectivity index (χ1n) is 9.14. The lowest BCUT2D eigenvalue weighted by Crippen LogP contribution is -2.30. The van der Waals surface area contributed by atoms with Crippen LogP contribution in [-0.4, -0.2) is 50.4 Å². The maximum atomic E-state index is 10.3. The molecule has 1 saturated heterocycles. The first-order chi connectivity index (χ1) is 13.3. The van der Waals surface area contributed by atoms with Crippen molar-refractivity contribution in [2.24, 2.45) is 7.05 Å². The molecule has 0 spiro atoms. The second kappa shape index (κ2) is 6.79. The first-order valence-corrected chi connectivity index (χ1v) is 9.14. The number of nitrogens with two attached hydrogens (primary N) is 1. The lowest BCUT2D eigenvalue weighted by atomic mass is 10.1. The van der Waals surface area contributed by atoms with Crippen LogP contribution < -0.4 is 15.4 Å². The predicted molar refractivity (Wildman–Crippen MR) is 108 cm³/mol. The Bertz CT molecular complexity index is 1010. The van der Waals surface area contributed by atoms with Gasteiger partial charge in [-0.2, -0.15) is 0 Å².